The fraction of sp³-hybridized carbons (Fsp3) is 0.688. The second-order valence-corrected chi connectivity index (χ2v) is 10.6. The summed E-state index contributed by atoms with van der Waals surface area (Å²) >= 11 is 0. The molecule has 0 aliphatic carbocycles. The van der Waals surface area contributed by atoms with Crippen LogP contribution in [0.25, 0.3) is 0 Å². The van der Waals surface area contributed by atoms with Gasteiger partial charge in [-0.05, 0) is 75.6 Å². The second-order valence-electron chi connectivity index (χ2n) is 10.6. The molecule has 4 bridgehead atoms. The molecule has 0 amide bonds. The predicted octanol–water partition coefficient (Wildman–Crippen LogP) is 9.38. The van der Waals surface area contributed by atoms with Crippen LogP contribution in [0.2, 0.25) is 0 Å². The Kier molecular flexibility index (Phi) is 14.0. The molecule has 0 radical (unpaired) electrons. The number of aromatic nitrogens is 2. The van der Waals surface area contributed by atoms with Gasteiger partial charge in [0.15, 0.2) is 0 Å². The topological polar surface area (TPSA) is 25.8 Å². The molecule has 3 rings (SSSR count). The zero-order valence-electron chi connectivity index (χ0n) is 21.9. The molecule has 0 N–H and O–H groups in total. The summed E-state index contributed by atoms with van der Waals surface area (Å²) in [5.41, 5.74) is 5.24. The van der Waals surface area contributed by atoms with Crippen LogP contribution >= 0.6 is 0 Å². The summed E-state index contributed by atoms with van der Waals surface area (Å²) in [4.78, 5) is 9.88. The lowest BCUT2D eigenvalue weighted by atomic mass is 10.0. The van der Waals surface area contributed by atoms with Crippen molar-refractivity contribution in [3.05, 3.63) is 59.2 Å². The molecular weight excluding hydrogens is 412 g/mol. The maximum absolute atomic E-state index is 4.94. The molecule has 34 heavy (non-hydrogen) atoms. The highest BCUT2D eigenvalue weighted by atomic mass is 14.7. The van der Waals surface area contributed by atoms with E-state index in [2.05, 4.69) is 36.4 Å². The van der Waals surface area contributed by atoms with E-state index in [0.717, 1.165) is 25.7 Å². The fourth-order valence-electron chi connectivity index (χ4n) is 5.31. The van der Waals surface area contributed by atoms with Crippen molar-refractivity contribution in [2.24, 2.45) is 0 Å². The van der Waals surface area contributed by atoms with E-state index in [1.54, 1.807) is 0 Å². The molecule has 1 aliphatic heterocycles. The first kappa shape index (κ1) is 26.9. The highest BCUT2D eigenvalue weighted by molar-refractivity contribution is 5.12. The Morgan fingerprint density at radius 2 is 0.500 bits per heavy atom. The van der Waals surface area contributed by atoms with E-state index in [9.17, 15) is 0 Å². The molecule has 0 spiro atoms. The van der Waals surface area contributed by atoms with Gasteiger partial charge in [0.05, 0.1) is 0 Å². The molecule has 0 atom stereocenters. The van der Waals surface area contributed by atoms with Crippen LogP contribution in [0.5, 0.6) is 0 Å². The SMILES string of the molecule is c1cc2nc(c1)CCCCCCCCCCCc1cccc(n1)CCCCCCCCCCC2. The fourth-order valence-corrected chi connectivity index (χ4v) is 5.31. The lowest BCUT2D eigenvalue weighted by Crippen LogP contribution is -1.97. The summed E-state index contributed by atoms with van der Waals surface area (Å²) < 4.78 is 0. The molecule has 0 unspecified atom stereocenters. The minimum atomic E-state index is 1.16. The Hall–Kier alpha value is -1.70. The summed E-state index contributed by atoms with van der Waals surface area (Å²) in [5, 5.41) is 0. The summed E-state index contributed by atoms with van der Waals surface area (Å²) in [7, 11) is 0. The van der Waals surface area contributed by atoms with Gasteiger partial charge in [-0.2, -0.15) is 0 Å². The van der Waals surface area contributed by atoms with E-state index in [4.69, 9.17) is 9.97 Å². The average molecular weight is 463 g/mol. The number of fused-ring (bicyclic) bond motifs is 4. The molecule has 0 saturated heterocycles. The highest BCUT2D eigenvalue weighted by Gasteiger charge is 2.02. The van der Waals surface area contributed by atoms with Crippen LogP contribution in [-0.2, 0) is 25.7 Å². The van der Waals surface area contributed by atoms with Crippen LogP contribution in [0.1, 0.15) is 138 Å². The van der Waals surface area contributed by atoms with Crippen LogP contribution in [-0.4, -0.2) is 9.97 Å². The first-order valence-electron chi connectivity index (χ1n) is 14.8. The molecular formula is C32H50N2. The number of nitrogens with zero attached hydrogens (tertiary/aromatic N) is 2. The zero-order chi connectivity index (χ0) is 23.5. The third kappa shape index (κ3) is 12.1. The quantitative estimate of drug-likeness (QED) is 0.389. The van der Waals surface area contributed by atoms with Crippen molar-refractivity contribution in [3.63, 3.8) is 0 Å². The summed E-state index contributed by atoms with van der Waals surface area (Å²) in [6, 6.07) is 13.4. The molecule has 0 aromatic carbocycles. The second kappa shape index (κ2) is 17.7. The number of rotatable bonds is 0. The van der Waals surface area contributed by atoms with Crippen molar-refractivity contribution in [1.29, 1.82) is 0 Å². The first-order chi connectivity index (χ1) is 16.9. The minimum absolute atomic E-state index is 1.16. The van der Waals surface area contributed by atoms with Crippen LogP contribution < -0.4 is 0 Å². The van der Waals surface area contributed by atoms with Crippen LogP contribution in [0.3, 0.4) is 0 Å². The highest BCUT2D eigenvalue weighted by Crippen LogP contribution is 2.16. The van der Waals surface area contributed by atoms with E-state index in [1.807, 2.05) is 0 Å². The Balaban J connectivity index is 1.39. The van der Waals surface area contributed by atoms with E-state index in [0.29, 0.717) is 0 Å². The van der Waals surface area contributed by atoms with Gasteiger partial charge in [-0.3, -0.25) is 9.97 Å². The van der Waals surface area contributed by atoms with Gasteiger partial charge in [-0.1, -0.05) is 102 Å². The molecule has 2 aromatic rings. The van der Waals surface area contributed by atoms with Gasteiger partial charge in [-0.15, -0.1) is 0 Å². The summed E-state index contributed by atoms with van der Waals surface area (Å²) in [5.74, 6) is 0. The van der Waals surface area contributed by atoms with Crippen molar-refractivity contribution >= 4 is 0 Å². The van der Waals surface area contributed by atoms with Crippen LogP contribution in [0, 0.1) is 0 Å². The molecule has 2 aromatic heterocycles. The van der Waals surface area contributed by atoms with Gasteiger partial charge < -0.3 is 0 Å². The Bertz CT molecular complexity index is 649. The van der Waals surface area contributed by atoms with Gasteiger partial charge in [0.25, 0.3) is 0 Å². The molecule has 0 saturated carbocycles. The lowest BCUT2D eigenvalue weighted by molar-refractivity contribution is 0.552. The molecule has 2 heteroatoms. The Morgan fingerprint density at radius 1 is 0.294 bits per heavy atom. The number of hydrogen-bond donors (Lipinski definition) is 0. The predicted molar refractivity (Wildman–Crippen MR) is 146 cm³/mol. The van der Waals surface area contributed by atoms with Gasteiger partial charge in [0, 0.05) is 22.8 Å². The van der Waals surface area contributed by atoms with Gasteiger partial charge in [-0.25, -0.2) is 0 Å². The van der Waals surface area contributed by atoms with E-state index in [1.165, 1.54) is 138 Å². The zero-order valence-corrected chi connectivity index (χ0v) is 21.9. The van der Waals surface area contributed by atoms with E-state index < -0.39 is 0 Å². The van der Waals surface area contributed by atoms with Crippen molar-refractivity contribution in [1.82, 2.24) is 9.97 Å². The third-order valence-electron chi connectivity index (χ3n) is 7.46. The third-order valence-corrected chi connectivity index (χ3v) is 7.46. The van der Waals surface area contributed by atoms with Crippen molar-refractivity contribution in [3.8, 4) is 0 Å². The summed E-state index contributed by atoms with van der Waals surface area (Å²) in [6.07, 6.45) is 29.2. The minimum Gasteiger partial charge on any atom is -0.258 e. The monoisotopic (exact) mass is 462 g/mol. The first-order valence-corrected chi connectivity index (χ1v) is 14.8. The van der Waals surface area contributed by atoms with Gasteiger partial charge >= 0.3 is 0 Å². The smallest absolute Gasteiger partial charge is 0.0406 e. The maximum Gasteiger partial charge on any atom is 0.0406 e. The average Bonchev–Trinajstić information content (AvgIpc) is 2.86. The Morgan fingerprint density at radius 3 is 0.735 bits per heavy atom. The van der Waals surface area contributed by atoms with Crippen molar-refractivity contribution in [2.45, 2.75) is 141 Å². The molecule has 2 nitrogen and oxygen atoms in total. The summed E-state index contributed by atoms with van der Waals surface area (Å²) in [6.45, 7) is 0. The number of aryl methyl sites for hydroxylation is 4. The van der Waals surface area contributed by atoms with E-state index >= 15 is 0 Å². The standard InChI is InChI=1S/C32H50N2/c1-3-7-11-15-21-29-25-19-27-31(33-29)23-17-13-9-5-2-6-10-14-18-24-32-28-20-26-30(34-32)22-16-12-8-4-1/h19-20,25-28H,1-18,21-24H2. The van der Waals surface area contributed by atoms with E-state index in [-0.39, 0.29) is 0 Å². The van der Waals surface area contributed by atoms with Crippen LogP contribution in [0.4, 0.5) is 0 Å². The normalized spacial score (nSPS) is 19.5. The molecule has 3 heterocycles. The van der Waals surface area contributed by atoms with Crippen molar-refractivity contribution < 1.29 is 0 Å². The largest absolute Gasteiger partial charge is 0.258 e. The molecule has 1 aliphatic rings. The van der Waals surface area contributed by atoms with Crippen molar-refractivity contribution in [2.75, 3.05) is 0 Å². The van der Waals surface area contributed by atoms with Gasteiger partial charge in [0.2, 0.25) is 0 Å². The number of pyridine rings is 2. The van der Waals surface area contributed by atoms with Gasteiger partial charge in [0.1, 0.15) is 0 Å². The maximum atomic E-state index is 4.94. The molecule has 0 fully saturated rings. The Labute approximate surface area is 210 Å². The lowest BCUT2D eigenvalue weighted by Gasteiger charge is -2.07. The van der Waals surface area contributed by atoms with Crippen LogP contribution in [0.15, 0.2) is 36.4 Å². The molecule has 188 valence electrons. The number of hydrogen-bond acceptors (Lipinski definition) is 2.